The van der Waals surface area contributed by atoms with Crippen LogP contribution in [0.2, 0.25) is 0 Å². The summed E-state index contributed by atoms with van der Waals surface area (Å²) < 4.78 is 6.52. The Bertz CT molecular complexity index is 1170. The number of aromatic nitrogens is 3. The lowest BCUT2D eigenvalue weighted by Crippen LogP contribution is -2.48. The van der Waals surface area contributed by atoms with Crippen LogP contribution in [0.15, 0.2) is 34.9 Å². The fourth-order valence-electron chi connectivity index (χ4n) is 3.76. The minimum absolute atomic E-state index is 0.0161. The van der Waals surface area contributed by atoms with Gasteiger partial charge in [-0.2, -0.15) is 0 Å². The van der Waals surface area contributed by atoms with E-state index in [1.807, 2.05) is 43.0 Å². The fourth-order valence-corrected chi connectivity index (χ4v) is 4.78. The lowest BCUT2D eigenvalue weighted by atomic mass is 10.1. The van der Waals surface area contributed by atoms with Crippen molar-refractivity contribution in [1.29, 1.82) is 0 Å². The summed E-state index contributed by atoms with van der Waals surface area (Å²) in [5, 5.41) is 5.75. The Balaban J connectivity index is 1.37. The highest BCUT2D eigenvalue weighted by molar-refractivity contribution is 7.22. The third-order valence-corrected chi connectivity index (χ3v) is 6.48. The molecule has 4 heterocycles. The molecule has 5 rings (SSSR count). The molecule has 1 amide bonds. The zero-order valence-corrected chi connectivity index (χ0v) is 17.2. The Hall–Kier alpha value is -3.00. The minimum Gasteiger partial charge on any atom is -0.345 e. The van der Waals surface area contributed by atoms with E-state index < -0.39 is 0 Å². The average Bonchev–Trinajstić information content (AvgIpc) is 3.36. The predicted molar refractivity (Wildman–Crippen MR) is 114 cm³/mol. The molecule has 29 heavy (non-hydrogen) atoms. The SMILES string of the molecule is CCc1cc(C(=O)N2CCN(c3nc4ccccc4s3)CC2)c2c(C)noc2n1. The Labute approximate surface area is 171 Å². The minimum atomic E-state index is 0.0161. The smallest absolute Gasteiger partial charge is 0.258 e. The van der Waals surface area contributed by atoms with E-state index in [1.54, 1.807) is 11.3 Å². The van der Waals surface area contributed by atoms with Crippen molar-refractivity contribution in [2.45, 2.75) is 20.3 Å². The number of piperazine rings is 1. The third kappa shape index (κ3) is 3.13. The van der Waals surface area contributed by atoms with Gasteiger partial charge in [-0.15, -0.1) is 0 Å². The van der Waals surface area contributed by atoms with E-state index >= 15 is 0 Å². The second-order valence-corrected chi connectivity index (χ2v) is 8.22. The van der Waals surface area contributed by atoms with Crippen molar-refractivity contribution in [1.82, 2.24) is 20.0 Å². The van der Waals surface area contributed by atoms with E-state index in [-0.39, 0.29) is 5.91 Å². The summed E-state index contributed by atoms with van der Waals surface area (Å²) in [7, 11) is 0. The molecule has 0 radical (unpaired) electrons. The molecule has 0 atom stereocenters. The Morgan fingerprint density at radius 2 is 1.97 bits per heavy atom. The van der Waals surface area contributed by atoms with Gasteiger partial charge < -0.3 is 14.3 Å². The van der Waals surface area contributed by atoms with Crippen molar-refractivity contribution in [2.75, 3.05) is 31.1 Å². The first-order chi connectivity index (χ1) is 14.1. The predicted octanol–water partition coefficient (Wildman–Crippen LogP) is 3.67. The van der Waals surface area contributed by atoms with Gasteiger partial charge in [0.05, 0.1) is 26.9 Å². The maximum atomic E-state index is 13.3. The topological polar surface area (TPSA) is 75.4 Å². The monoisotopic (exact) mass is 407 g/mol. The number of pyridine rings is 1. The molecule has 1 fully saturated rings. The van der Waals surface area contributed by atoms with Crippen LogP contribution in [-0.4, -0.2) is 52.1 Å². The Morgan fingerprint density at radius 3 is 2.72 bits per heavy atom. The molecule has 0 saturated carbocycles. The Kier molecular flexibility index (Phi) is 4.43. The number of carbonyl (C=O) groups is 1. The van der Waals surface area contributed by atoms with E-state index in [0.29, 0.717) is 30.1 Å². The van der Waals surface area contributed by atoms with Crippen LogP contribution in [0.5, 0.6) is 0 Å². The quantitative estimate of drug-likeness (QED) is 0.516. The number of anilines is 1. The molecule has 0 unspecified atom stereocenters. The van der Waals surface area contributed by atoms with Crippen molar-refractivity contribution < 1.29 is 9.32 Å². The number of nitrogens with zero attached hydrogens (tertiary/aromatic N) is 5. The van der Waals surface area contributed by atoms with Gasteiger partial charge in [0, 0.05) is 31.9 Å². The zero-order chi connectivity index (χ0) is 20.0. The maximum absolute atomic E-state index is 13.3. The molecule has 0 N–H and O–H groups in total. The highest BCUT2D eigenvalue weighted by atomic mass is 32.1. The average molecular weight is 407 g/mol. The standard InChI is InChI=1S/C21H21N5O2S/c1-3-14-12-15(18-13(2)24-28-19(18)22-14)20(27)25-8-10-26(11-9-25)21-23-16-6-4-5-7-17(16)29-21/h4-7,12H,3,8-11H2,1-2H3. The molecule has 0 spiro atoms. The van der Waals surface area contributed by atoms with E-state index in [2.05, 4.69) is 21.1 Å². The lowest BCUT2D eigenvalue weighted by Gasteiger charge is -2.34. The molecule has 148 valence electrons. The summed E-state index contributed by atoms with van der Waals surface area (Å²) >= 11 is 1.70. The fraction of sp³-hybridized carbons (Fsp3) is 0.333. The third-order valence-electron chi connectivity index (χ3n) is 5.38. The first kappa shape index (κ1) is 18.1. The first-order valence-electron chi connectivity index (χ1n) is 9.79. The molecule has 7 nitrogen and oxygen atoms in total. The van der Waals surface area contributed by atoms with Crippen molar-refractivity contribution in [3.63, 3.8) is 0 Å². The molecule has 1 saturated heterocycles. The van der Waals surface area contributed by atoms with E-state index in [0.717, 1.165) is 41.2 Å². The van der Waals surface area contributed by atoms with Gasteiger partial charge in [0.25, 0.3) is 11.6 Å². The number of rotatable bonds is 3. The molecule has 1 aliphatic rings. The number of aryl methyl sites for hydroxylation is 2. The van der Waals surface area contributed by atoms with Gasteiger partial charge in [-0.1, -0.05) is 35.5 Å². The first-order valence-corrected chi connectivity index (χ1v) is 10.6. The molecule has 0 aliphatic carbocycles. The number of carbonyl (C=O) groups excluding carboxylic acids is 1. The van der Waals surface area contributed by atoms with Crippen molar-refractivity contribution in [3.8, 4) is 0 Å². The van der Waals surface area contributed by atoms with E-state index in [9.17, 15) is 4.79 Å². The highest BCUT2D eigenvalue weighted by Crippen LogP contribution is 2.30. The number of fused-ring (bicyclic) bond motifs is 2. The molecular weight excluding hydrogens is 386 g/mol. The van der Waals surface area contributed by atoms with Crippen molar-refractivity contribution in [2.24, 2.45) is 0 Å². The summed E-state index contributed by atoms with van der Waals surface area (Å²) in [6.45, 7) is 6.71. The molecule has 8 heteroatoms. The highest BCUT2D eigenvalue weighted by Gasteiger charge is 2.27. The van der Waals surface area contributed by atoms with Crippen LogP contribution in [0, 0.1) is 6.92 Å². The number of para-hydroxylation sites is 1. The van der Waals surface area contributed by atoms with Crippen LogP contribution in [0.25, 0.3) is 21.3 Å². The summed E-state index contributed by atoms with van der Waals surface area (Å²) in [6.07, 6.45) is 0.737. The van der Waals surface area contributed by atoms with Crippen LogP contribution in [-0.2, 0) is 6.42 Å². The largest absolute Gasteiger partial charge is 0.345 e. The summed E-state index contributed by atoms with van der Waals surface area (Å²) in [5.74, 6) is 0.0161. The van der Waals surface area contributed by atoms with Crippen LogP contribution >= 0.6 is 11.3 Å². The molecule has 3 aromatic heterocycles. The van der Waals surface area contributed by atoms with Gasteiger partial charge in [0.2, 0.25) is 0 Å². The second-order valence-electron chi connectivity index (χ2n) is 7.21. The molecule has 4 aromatic rings. The number of benzene rings is 1. The van der Waals surface area contributed by atoms with Crippen LogP contribution < -0.4 is 4.90 Å². The molecule has 1 aliphatic heterocycles. The zero-order valence-electron chi connectivity index (χ0n) is 16.4. The number of thiazole rings is 1. The number of hydrogen-bond acceptors (Lipinski definition) is 7. The number of amides is 1. The van der Waals surface area contributed by atoms with Gasteiger partial charge in [0.15, 0.2) is 5.13 Å². The van der Waals surface area contributed by atoms with Gasteiger partial charge in [-0.25, -0.2) is 9.97 Å². The lowest BCUT2D eigenvalue weighted by molar-refractivity contribution is 0.0748. The number of hydrogen-bond donors (Lipinski definition) is 0. The molecule has 0 bridgehead atoms. The van der Waals surface area contributed by atoms with Gasteiger partial charge in [-0.3, -0.25) is 4.79 Å². The van der Waals surface area contributed by atoms with Gasteiger partial charge in [-0.05, 0) is 31.5 Å². The summed E-state index contributed by atoms with van der Waals surface area (Å²) in [6, 6.07) is 10.1. The molecule has 1 aromatic carbocycles. The molecular formula is C21H21N5O2S. The Morgan fingerprint density at radius 1 is 1.17 bits per heavy atom. The van der Waals surface area contributed by atoms with Crippen LogP contribution in [0.3, 0.4) is 0 Å². The van der Waals surface area contributed by atoms with E-state index in [1.165, 1.54) is 4.70 Å². The van der Waals surface area contributed by atoms with Gasteiger partial charge in [0.1, 0.15) is 0 Å². The van der Waals surface area contributed by atoms with Crippen molar-refractivity contribution >= 4 is 43.7 Å². The van der Waals surface area contributed by atoms with Crippen molar-refractivity contribution in [3.05, 3.63) is 47.3 Å². The normalized spacial score (nSPS) is 14.8. The summed E-state index contributed by atoms with van der Waals surface area (Å²) in [4.78, 5) is 26.7. The second kappa shape index (κ2) is 7.11. The summed E-state index contributed by atoms with van der Waals surface area (Å²) in [5.41, 5.74) is 3.65. The van der Waals surface area contributed by atoms with Crippen LogP contribution in [0.1, 0.15) is 28.7 Å². The van der Waals surface area contributed by atoms with Crippen LogP contribution in [0.4, 0.5) is 5.13 Å². The van der Waals surface area contributed by atoms with Gasteiger partial charge >= 0.3 is 0 Å². The van der Waals surface area contributed by atoms with E-state index in [4.69, 9.17) is 9.51 Å². The maximum Gasteiger partial charge on any atom is 0.258 e.